The fourth-order valence-electron chi connectivity index (χ4n) is 2.89. The van der Waals surface area contributed by atoms with Crippen molar-refractivity contribution in [1.82, 2.24) is 25.2 Å². The van der Waals surface area contributed by atoms with Crippen molar-refractivity contribution in [1.29, 1.82) is 0 Å². The van der Waals surface area contributed by atoms with Gasteiger partial charge in [0.15, 0.2) is 5.65 Å². The zero-order valence-electron chi connectivity index (χ0n) is 12.5. The van der Waals surface area contributed by atoms with Crippen molar-refractivity contribution in [2.45, 2.75) is 39.2 Å². The second-order valence-corrected chi connectivity index (χ2v) is 5.67. The summed E-state index contributed by atoms with van der Waals surface area (Å²) >= 11 is 0. The number of aryl methyl sites for hydroxylation is 2. The van der Waals surface area contributed by atoms with Crippen LogP contribution in [0.3, 0.4) is 0 Å². The first-order chi connectivity index (χ1) is 10.1. The van der Waals surface area contributed by atoms with E-state index in [9.17, 15) is 4.79 Å². The van der Waals surface area contributed by atoms with Gasteiger partial charge in [0.2, 0.25) is 0 Å². The van der Waals surface area contributed by atoms with E-state index in [2.05, 4.69) is 20.7 Å². The summed E-state index contributed by atoms with van der Waals surface area (Å²) in [6.07, 6.45) is 5.00. The molecule has 3 heterocycles. The molecule has 2 aromatic heterocycles. The molecule has 0 bridgehead atoms. The van der Waals surface area contributed by atoms with Crippen LogP contribution in [0.4, 0.5) is 0 Å². The Bertz CT molecular complexity index is 657. The Balaban J connectivity index is 1.69. The Morgan fingerprint density at radius 2 is 2.38 bits per heavy atom. The average Bonchev–Trinajstić information content (AvgIpc) is 3.07. The largest absolute Gasteiger partial charge is 0.352 e. The number of nitrogens with zero attached hydrogens (tertiary/aromatic N) is 3. The maximum Gasteiger partial charge on any atom is 0.256 e. The molecule has 1 saturated heterocycles. The SMILES string of the molecule is Cc1cc(C)n2ncc(C(=O)NCCC3CCCN3)c2n1. The molecule has 2 aromatic rings. The molecular formula is C15H21N5O. The number of rotatable bonds is 4. The molecule has 1 fully saturated rings. The quantitative estimate of drug-likeness (QED) is 0.887. The van der Waals surface area contributed by atoms with E-state index < -0.39 is 0 Å². The molecule has 1 unspecified atom stereocenters. The zero-order valence-corrected chi connectivity index (χ0v) is 12.5. The smallest absolute Gasteiger partial charge is 0.256 e. The van der Waals surface area contributed by atoms with E-state index in [4.69, 9.17) is 0 Å². The van der Waals surface area contributed by atoms with Crippen LogP contribution in [0.25, 0.3) is 5.65 Å². The lowest BCUT2D eigenvalue weighted by atomic mass is 10.1. The van der Waals surface area contributed by atoms with Crippen LogP contribution in [0.5, 0.6) is 0 Å². The van der Waals surface area contributed by atoms with E-state index in [0.717, 1.165) is 24.4 Å². The van der Waals surface area contributed by atoms with Gasteiger partial charge in [-0.05, 0) is 45.7 Å². The van der Waals surface area contributed by atoms with Crippen molar-refractivity contribution >= 4 is 11.6 Å². The van der Waals surface area contributed by atoms with Crippen molar-refractivity contribution in [3.05, 3.63) is 29.2 Å². The van der Waals surface area contributed by atoms with Gasteiger partial charge in [0.25, 0.3) is 5.91 Å². The van der Waals surface area contributed by atoms with Crippen LogP contribution in [0.15, 0.2) is 12.3 Å². The van der Waals surface area contributed by atoms with Crippen molar-refractivity contribution in [2.75, 3.05) is 13.1 Å². The molecule has 6 nitrogen and oxygen atoms in total. The predicted octanol–water partition coefficient (Wildman–Crippen LogP) is 1.22. The topological polar surface area (TPSA) is 71.3 Å². The highest BCUT2D eigenvalue weighted by Gasteiger charge is 2.17. The van der Waals surface area contributed by atoms with E-state index in [1.165, 1.54) is 12.8 Å². The summed E-state index contributed by atoms with van der Waals surface area (Å²) in [5, 5.41) is 10.6. The molecule has 1 aliphatic rings. The fourth-order valence-corrected chi connectivity index (χ4v) is 2.89. The molecule has 1 atom stereocenters. The number of amides is 1. The minimum atomic E-state index is -0.0968. The number of carbonyl (C=O) groups is 1. The van der Waals surface area contributed by atoms with Crippen molar-refractivity contribution in [3.63, 3.8) is 0 Å². The molecule has 0 radical (unpaired) electrons. The standard InChI is InChI=1S/C15H21N5O/c1-10-8-11(2)20-14(19-10)13(9-18-20)15(21)17-7-5-12-4-3-6-16-12/h8-9,12,16H,3-7H2,1-2H3,(H,17,21). The lowest BCUT2D eigenvalue weighted by Gasteiger charge is -2.10. The van der Waals surface area contributed by atoms with Crippen LogP contribution in [-0.2, 0) is 0 Å². The van der Waals surface area contributed by atoms with E-state index in [0.29, 0.717) is 23.8 Å². The number of hydrogen-bond acceptors (Lipinski definition) is 4. The third-order valence-electron chi connectivity index (χ3n) is 3.96. The van der Waals surface area contributed by atoms with Crippen LogP contribution >= 0.6 is 0 Å². The molecule has 1 aliphatic heterocycles. The first kappa shape index (κ1) is 14.0. The number of aromatic nitrogens is 3. The van der Waals surface area contributed by atoms with Gasteiger partial charge in [-0.2, -0.15) is 5.10 Å². The molecular weight excluding hydrogens is 266 g/mol. The summed E-state index contributed by atoms with van der Waals surface area (Å²) in [7, 11) is 0. The Morgan fingerprint density at radius 1 is 1.52 bits per heavy atom. The third kappa shape index (κ3) is 2.90. The van der Waals surface area contributed by atoms with Crippen molar-refractivity contribution < 1.29 is 4.79 Å². The van der Waals surface area contributed by atoms with Gasteiger partial charge >= 0.3 is 0 Å². The summed E-state index contributed by atoms with van der Waals surface area (Å²) in [5.41, 5.74) is 3.04. The average molecular weight is 287 g/mol. The molecule has 1 amide bonds. The molecule has 2 N–H and O–H groups in total. The van der Waals surface area contributed by atoms with Gasteiger partial charge in [-0.3, -0.25) is 4.79 Å². The van der Waals surface area contributed by atoms with Crippen LogP contribution in [0, 0.1) is 13.8 Å². The number of fused-ring (bicyclic) bond motifs is 1. The first-order valence-electron chi connectivity index (χ1n) is 7.49. The first-order valence-corrected chi connectivity index (χ1v) is 7.49. The minimum absolute atomic E-state index is 0.0968. The van der Waals surface area contributed by atoms with Gasteiger partial charge < -0.3 is 10.6 Å². The predicted molar refractivity (Wildman–Crippen MR) is 80.4 cm³/mol. The van der Waals surface area contributed by atoms with Gasteiger partial charge in [-0.25, -0.2) is 9.50 Å². The molecule has 6 heteroatoms. The van der Waals surface area contributed by atoms with E-state index in [1.807, 2.05) is 19.9 Å². The second-order valence-electron chi connectivity index (χ2n) is 5.67. The van der Waals surface area contributed by atoms with Gasteiger partial charge in [0.1, 0.15) is 5.56 Å². The minimum Gasteiger partial charge on any atom is -0.352 e. The molecule has 112 valence electrons. The van der Waals surface area contributed by atoms with Gasteiger partial charge in [-0.1, -0.05) is 0 Å². The Hall–Kier alpha value is -1.95. The fraction of sp³-hybridized carbons (Fsp3) is 0.533. The normalized spacial score (nSPS) is 18.3. The summed E-state index contributed by atoms with van der Waals surface area (Å²) in [4.78, 5) is 16.7. The monoisotopic (exact) mass is 287 g/mol. The molecule has 3 rings (SSSR count). The van der Waals surface area contributed by atoms with Crippen LogP contribution in [0.1, 0.15) is 41.0 Å². The number of hydrogen-bond donors (Lipinski definition) is 2. The van der Waals surface area contributed by atoms with Gasteiger partial charge in [0.05, 0.1) is 6.20 Å². The van der Waals surface area contributed by atoms with E-state index in [-0.39, 0.29) is 5.91 Å². The highest BCUT2D eigenvalue weighted by molar-refractivity contribution is 5.99. The summed E-state index contributed by atoms with van der Waals surface area (Å²) in [6, 6.07) is 2.49. The van der Waals surface area contributed by atoms with Crippen LogP contribution in [0.2, 0.25) is 0 Å². The maximum atomic E-state index is 12.3. The van der Waals surface area contributed by atoms with Crippen LogP contribution in [-0.4, -0.2) is 39.6 Å². The molecule has 0 saturated carbocycles. The molecule has 0 spiro atoms. The Morgan fingerprint density at radius 3 is 3.14 bits per heavy atom. The van der Waals surface area contributed by atoms with Crippen LogP contribution < -0.4 is 10.6 Å². The molecule has 0 aliphatic carbocycles. The zero-order chi connectivity index (χ0) is 14.8. The highest BCUT2D eigenvalue weighted by Crippen LogP contribution is 2.12. The van der Waals surface area contributed by atoms with Crippen molar-refractivity contribution in [2.24, 2.45) is 0 Å². The van der Waals surface area contributed by atoms with Gasteiger partial charge in [0, 0.05) is 24.0 Å². The number of carbonyl (C=O) groups excluding carboxylic acids is 1. The van der Waals surface area contributed by atoms with E-state index >= 15 is 0 Å². The lowest BCUT2D eigenvalue weighted by molar-refractivity contribution is 0.0954. The summed E-state index contributed by atoms with van der Waals surface area (Å²) in [6.45, 7) is 5.66. The molecule has 21 heavy (non-hydrogen) atoms. The molecule has 0 aromatic carbocycles. The highest BCUT2D eigenvalue weighted by atomic mass is 16.1. The van der Waals surface area contributed by atoms with Crippen molar-refractivity contribution in [3.8, 4) is 0 Å². The maximum absolute atomic E-state index is 12.3. The summed E-state index contributed by atoms with van der Waals surface area (Å²) in [5.74, 6) is -0.0968. The number of nitrogens with one attached hydrogen (secondary N) is 2. The lowest BCUT2D eigenvalue weighted by Crippen LogP contribution is -2.30. The Kier molecular flexibility index (Phi) is 3.88. The van der Waals surface area contributed by atoms with Gasteiger partial charge in [-0.15, -0.1) is 0 Å². The summed E-state index contributed by atoms with van der Waals surface area (Å²) < 4.78 is 1.71. The third-order valence-corrected chi connectivity index (χ3v) is 3.96. The second kappa shape index (κ2) is 5.81. The van der Waals surface area contributed by atoms with E-state index in [1.54, 1.807) is 10.7 Å². The Labute approximate surface area is 123 Å².